The lowest BCUT2D eigenvalue weighted by Gasteiger charge is -2.05. The number of hydrogen-bond acceptors (Lipinski definition) is 3. The molecule has 0 aliphatic rings. The van der Waals surface area contributed by atoms with Crippen molar-refractivity contribution in [2.24, 2.45) is 5.73 Å². The molecule has 0 atom stereocenters. The maximum atomic E-state index is 11.8. The van der Waals surface area contributed by atoms with E-state index in [-0.39, 0.29) is 12.2 Å². The molecule has 0 heterocycles. The van der Waals surface area contributed by atoms with Gasteiger partial charge in [-0.1, -0.05) is 44.6 Å². The van der Waals surface area contributed by atoms with Gasteiger partial charge in [-0.05, 0) is 12.8 Å². The largest absolute Gasteiger partial charge is 0.389 e. The molecule has 0 spiro atoms. The second-order valence-corrected chi connectivity index (χ2v) is 6.58. The Morgan fingerprint density at radius 2 is 1.32 bits per heavy atom. The fraction of sp³-hybridized carbons (Fsp3) is 0.857. The lowest BCUT2D eigenvalue weighted by Crippen LogP contribution is -2.06. The summed E-state index contributed by atoms with van der Waals surface area (Å²) in [6, 6.07) is 0. The van der Waals surface area contributed by atoms with E-state index in [0.29, 0.717) is 19.4 Å². The van der Waals surface area contributed by atoms with Crippen molar-refractivity contribution >= 4 is 10.1 Å². The van der Waals surface area contributed by atoms with E-state index in [0.717, 1.165) is 32.1 Å². The van der Waals surface area contributed by atoms with Crippen LogP contribution >= 0.6 is 0 Å². The molecule has 0 unspecified atom stereocenters. The lowest BCUT2D eigenvalue weighted by atomic mass is 10.1. The molecular weight excluding hydrogens is 319 g/mol. The Kier molecular flexibility index (Phi) is 15.1. The number of halogens is 3. The highest BCUT2D eigenvalue weighted by Crippen LogP contribution is 2.23. The third-order valence-electron chi connectivity index (χ3n) is 2.78. The summed E-state index contributed by atoms with van der Waals surface area (Å²) in [5.74, 6) is -0.210. The maximum Gasteiger partial charge on any atom is 0.389 e. The van der Waals surface area contributed by atoms with Gasteiger partial charge in [-0.25, -0.2) is 0 Å². The summed E-state index contributed by atoms with van der Waals surface area (Å²) in [4.78, 5) is 0. The van der Waals surface area contributed by atoms with E-state index in [1.165, 1.54) is 0 Å². The minimum atomic E-state index is -4.05. The van der Waals surface area contributed by atoms with Crippen LogP contribution < -0.4 is 5.73 Å². The predicted molar refractivity (Wildman–Crippen MR) is 83.3 cm³/mol. The average molecular weight is 347 g/mol. The van der Waals surface area contributed by atoms with E-state index in [2.05, 4.69) is 6.58 Å². The van der Waals surface area contributed by atoms with Crippen LogP contribution in [0.1, 0.15) is 57.8 Å². The Morgan fingerprint density at radius 3 is 1.64 bits per heavy atom. The minimum absolute atomic E-state index is 0.187. The molecule has 0 saturated heterocycles. The van der Waals surface area contributed by atoms with Gasteiger partial charge in [0.2, 0.25) is 0 Å². The van der Waals surface area contributed by atoms with Gasteiger partial charge >= 0.3 is 6.18 Å². The van der Waals surface area contributed by atoms with E-state index >= 15 is 0 Å². The van der Waals surface area contributed by atoms with Crippen molar-refractivity contribution in [3.05, 3.63) is 12.7 Å². The van der Waals surface area contributed by atoms with E-state index < -0.39 is 22.7 Å². The number of rotatable bonds is 11. The van der Waals surface area contributed by atoms with Crippen molar-refractivity contribution in [3.8, 4) is 0 Å². The molecule has 8 heteroatoms. The molecule has 0 bridgehead atoms. The van der Waals surface area contributed by atoms with Gasteiger partial charge < -0.3 is 5.73 Å². The minimum Gasteiger partial charge on any atom is -0.327 e. The Balaban J connectivity index is 0. The molecule has 134 valence electrons. The number of unbranched alkanes of at least 4 members (excludes halogenated alkanes) is 7. The van der Waals surface area contributed by atoms with Gasteiger partial charge in [0.1, 0.15) is 0 Å². The first-order valence-corrected chi connectivity index (χ1v) is 9.06. The highest BCUT2D eigenvalue weighted by atomic mass is 32.2. The first kappa shape index (κ1) is 23.7. The first-order chi connectivity index (χ1) is 10.1. The van der Waals surface area contributed by atoms with Gasteiger partial charge in [-0.2, -0.15) is 21.6 Å². The smallest absolute Gasteiger partial charge is 0.327 e. The van der Waals surface area contributed by atoms with Crippen LogP contribution in [0.25, 0.3) is 0 Å². The predicted octanol–water partition coefficient (Wildman–Crippen LogP) is 4.08. The monoisotopic (exact) mass is 347 g/mol. The third kappa shape index (κ3) is 27.7. The van der Waals surface area contributed by atoms with Gasteiger partial charge in [-0.3, -0.25) is 4.55 Å². The molecule has 3 N–H and O–H groups in total. The Morgan fingerprint density at radius 1 is 0.955 bits per heavy atom. The summed E-state index contributed by atoms with van der Waals surface area (Å²) in [5, 5.41) is 0. The molecule has 0 radical (unpaired) electrons. The van der Waals surface area contributed by atoms with Gasteiger partial charge in [0.25, 0.3) is 10.1 Å². The zero-order valence-electron chi connectivity index (χ0n) is 12.9. The average Bonchev–Trinajstić information content (AvgIpc) is 2.38. The van der Waals surface area contributed by atoms with E-state index in [1.807, 2.05) is 0 Å². The molecule has 4 nitrogen and oxygen atoms in total. The maximum absolute atomic E-state index is 11.8. The van der Waals surface area contributed by atoms with Gasteiger partial charge in [0.05, 0.1) is 5.75 Å². The van der Waals surface area contributed by atoms with Crippen LogP contribution in [-0.4, -0.2) is 31.4 Å². The van der Waals surface area contributed by atoms with Crippen LogP contribution in [0.2, 0.25) is 0 Å². The van der Waals surface area contributed by atoms with Gasteiger partial charge in [0.15, 0.2) is 0 Å². The molecule has 22 heavy (non-hydrogen) atoms. The van der Waals surface area contributed by atoms with Crippen molar-refractivity contribution < 1.29 is 26.1 Å². The SMILES string of the molecule is C=CCN.O=S(=O)(O)CCCCCCCCCCC(F)(F)F. The summed E-state index contributed by atoms with van der Waals surface area (Å²) >= 11 is 0. The number of nitrogens with two attached hydrogens (primary N) is 1. The number of alkyl halides is 3. The van der Waals surface area contributed by atoms with Gasteiger partial charge in [0, 0.05) is 13.0 Å². The molecule has 0 aromatic carbocycles. The Hall–Kier alpha value is -0.600. The summed E-state index contributed by atoms with van der Waals surface area (Å²) in [6.45, 7) is 3.94. The summed E-state index contributed by atoms with van der Waals surface area (Å²) in [7, 11) is -3.85. The van der Waals surface area contributed by atoms with E-state index in [4.69, 9.17) is 10.3 Å². The van der Waals surface area contributed by atoms with Crippen molar-refractivity contribution in [2.75, 3.05) is 12.3 Å². The number of hydrogen-bond donors (Lipinski definition) is 2. The van der Waals surface area contributed by atoms with Crippen LogP contribution in [0.5, 0.6) is 0 Å². The van der Waals surface area contributed by atoms with Crippen LogP contribution in [-0.2, 0) is 10.1 Å². The molecule has 0 fully saturated rings. The van der Waals surface area contributed by atoms with Gasteiger partial charge in [-0.15, -0.1) is 6.58 Å². The van der Waals surface area contributed by atoms with Crippen LogP contribution in [0.15, 0.2) is 12.7 Å². The second-order valence-electron chi connectivity index (χ2n) is 5.00. The third-order valence-corrected chi connectivity index (χ3v) is 3.58. The molecule has 0 saturated carbocycles. The summed E-state index contributed by atoms with van der Waals surface area (Å²) < 4.78 is 64.6. The molecular formula is C14H28F3NO3S. The molecule has 0 aliphatic heterocycles. The topological polar surface area (TPSA) is 80.4 Å². The quantitative estimate of drug-likeness (QED) is 0.335. The molecule has 0 aromatic heterocycles. The highest BCUT2D eigenvalue weighted by molar-refractivity contribution is 7.85. The molecule has 0 amide bonds. The molecule has 0 rings (SSSR count). The fourth-order valence-electron chi connectivity index (χ4n) is 1.67. The van der Waals surface area contributed by atoms with Crippen molar-refractivity contribution in [1.29, 1.82) is 0 Å². The molecule has 0 aliphatic carbocycles. The Bertz CT molecular complexity index is 357. The Labute approximate surface area is 131 Å². The van der Waals surface area contributed by atoms with Crippen molar-refractivity contribution in [2.45, 2.75) is 64.0 Å². The first-order valence-electron chi connectivity index (χ1n) is 7.45. The standard InChI is InChI=1S/C11H21F3O3S.C3H7N/c12-11(13,14)9-7-5-3-1-2-4-6-8-10-18(15,16)17;1-2-3-4/h1-10H2,(H,15,16,17);2H,1,3-4H2. The summed E-state index contributed by atoms with van der Waals surface area (Å²) in [5.41, 5.74) is 4.91. The van der Waals surface area contributed by atoms with Crippen molar-refractivity contribution in [1.82, 2.24) is 0 Å². The summed E-state index contributed by atoms with van der Waals surface area (Å²) in [6.07, 6.45) is 2.26. The zero-order valence-corrected chi connectivity index (χ0v) is 13.8. The zero-order chi connectivity index (χ0) is 17.5. The van der Waals surface area contributed by atoms with Crippen LogP contribution in [0, 0.1) is 0 Å². The normalized spacial score (nSPS) is 11.7. The van der Waals surface area contributed by atoms with E-state index in [1.54, 1.807) is 6.08 Å². The molecule has 0 aromatic rings. The van der Waals surface area contributed by atoms with Crippen LogP contribution in [0.3, 0.4) is 0 Å². The lowest BCUT2D eigenvalue weighted by molar-refractivity contribution is -0.135. The fourth-order valence-corrected chi connectivity index (χ4v) is 2.24. The van der Waals surface area contributed by atoms with E-state index in [9.17, 15) is 21.6 Å². The van der Waals surface area contributed by atoms with Crippen molar-refractivity contribution in [3.63, 3.8) is 0 Å². The second kappa shape index (κ2) is 14.0. The van der Waals surface area contributed by atoms with Crippen LogP contribution in [0.4, 0.5) is 13.2 Å². The highest BCUT2D eigenvalue weighted by Gasteiger charge is 2.25.